The van der Waals surface area contributed by atoms with Crippen LogP contribution in [-0.4, -0.2) is 11.8 Å². The highest BCUT2D eigenvalue weighted by Gasteiger charge is 2.21. The Morgan fingerprint density at radius 1 is 1.07 bits per heavy atom. The highest BCUT2D eigenvalue weighted by Crippen LogP contribution is 2.38. The van der Waals surface area contributed by atoms with Crippen LogP contribution in [0, 0.1) is 0 Å². The normalized spacial score (nSPS) is 17.3. The first kappa shape index (κ1) is 17.9. The Labute approximate surface area is 179 Å². The van der Waals surface area contributed by atoms with Crippen molar-refractivity contribution in [1.29, 1.82) is 0 Å². The molecule has 0 radical (unpaired) electrons. The molecule has 1 aliphatic heterocycles. The van der Waals surface area contributed by atoms with Crippen molar-refractivity contribution < 1.29 is 9.47 Å². The number of rotatable bonds is 4. The summed E-state index contributed by atoms with van der Waals surface area (Å²) in [5.41, 5.74) is 7.27. The lowest BCUT2D eigenvalue weighted by Gasteiger charge is -2.27. The molecule has 0 amide bonds. The van der Waals surface area contributed by atoms with Crippen molar-refractivity contribution in [3.8, 4) is 22.8 Å². The molecule has 0 saturated carbocycles. The summed E-state index contributed by atoms with van der Waals surface area (Å²) in [7, 11) is 0. The number of thiophene rings is 1. The van der Waals surface area contributed by atoms with Crippen LogP contribution in [0.2, 0.25) is 0 Å². The topological polar surface area (TPSA) is 43.4 Å². The third-order valence-corrected chi connectivity index (χ3v) is 6.77. The highest BCUT2D eigenvalue weighted by molar-refractivity contribution is 7.08. The molecule has 1 atom stereocenters. The largest absolute Gasteiger partial charge is 0.454 e. The predicted octanol–water partition coefficient (Wildman–Crippen LogP) is 5.86. The molecule has 3 heterocycles. The molecule has 4 aromatic rings. The van der Waals surface area contributed by atoms with Gasteiger partial charge in [0.05, 0.1) is 11.2 Å². The summed E-state index contributed by atoms with van der Waals surface area (Å²) >= 11 is 1.70. The Morgan fingerprint density at radius 3 is 2.87 bits per heavy atom. The van der Waals surface area contributed by atoms with E-state index in [2.05, 4.69) is 52.5 Å². The number of aryl methyl sites for hydroxylation is 1. The fourth-order valence-electron chi connectivity index (χ4n) is 4.59. The number of benzene rings is 2. The Bertz CT molecular complexity index is 1220. The maximum atomic E-state index is 5.58. The number of hydrogen-bond acceptors (Lipinski definition) is 5. The molecule has 30 heavy (non-hydrogen) atoms. The Morgan fingerprint density at radius 2 is 1.97 bits per heavy atom. The van der Waals surface area contributed by atoms with Crippen LogP contribution in [0.25, 0.3) is 22.2 Å². The van der Waals surface area contributed by atoms with Crippen LogP contribution in [0.4, 0.5) is 0 Å². The fourth-order valence-corrected chi connectivity index (χ4v) is 5.23. The van der Waals surface area contributed by atoms with Gasteiger partial charge in [0.1, 0.15) is 0 Å². The van der Waals surface area contributed by atoms with Crippen molar-refractivity contribution >= 4 is 22.2 Å². The average molecular weight is 415 g/mol. The minimum absolute atomic E-state index is 0.276. The third-order valence-electron chi connectivity index (χ3n) is 6.09. The summed E-state index contributed by atoms with van der Waals surface area (Å²) in [6, 6.07) is 17.6. The molecule has 4 nitrogen and oxygen atoms in total. The van der Waals surface area contributed by atoms with E-state index < -0.39 is 0 Å². The Balaban J connectivity index is 1.38. The first-order valence-electron chi connectivity index (χ1n) is 10.4. The number of nitrogens with one attached hydrogen (secondary N) is 1. The minimum Gasteiger partial charge on any atom is -0.454 e. The molecule has 0 bridgehead atoms. The van der Waals surface area contributed by atoms with Gasteiger partial charge in [-0.1, -0.05) is 24.3 Å². The van der Waals surface area contributed by atoms with Crippen LogP contribution in [0.5, 0.6) is 11.5 Å². The zero-order valence-electron chi connectivity index (χ0n) is 16.6. The van der Waals surface area contributed by atoms with E-state index in [1.165, 1.54) is 41.5 Å². The zero-order chi connectivity index (χ0) is 19.9. The number of nitrogens with zero attached hydrogens (tertiary/aromatic N) is 1. The molecule has 2 aromatic heterocycles. The first-order valence-corrected chi connectivity index (χ1v) is 11.4. The second-order valence-corrected chi connectivity index (χ2v) is 8.71. The van der Waals surface area contributed by atoms with E-state index in [1.54, 1.807) is 11.3 Å². The molecule has 0 fully saturated rings. The maximum Gasteiger partial charge on any atom is 0.231 e. The summed E-state index contributed by atoms with van der Waals surface area (Å²) in [5.74, 6) is 1.57. The van der Waals surface area contributed by atoms with Gasteiger partial charge >= 0.3 is 0 Å². The lowest BCUT2D eigenvalue weighted by atomic mass is 9.87. The summed E-state index contributed by atoms with van der Waals surface area (Å²) in [6.07, 6.45) is 3.58. The van der Waals surface area contributed by atoms with Gasteiger partial charge in [-0.2, -0.15) is 11.3 Å². The van der Waals surface area contributed by atoms with E-state index in [1.807, 2.05) is 12.1 Å². The van der Waals surface area contributed by atoms with Crippen molar-refractivity contribution in [3.05, 3.63) is 76.0 Å². The molecule has 2 aromatic carbocycles. The number of ether oxygens (including phenoxy) is 2. The lowest BCUT2D eigenvalue weighted by Crippen LogP contribution is -2.25. The molecule has 1 N–H and O–H groups in total. The molecular weight excluding hydrogens is 392 g/mol. The molecule has 1 unspecified atom stereocenters. The van der Waals surface area contributed by atoms with Crippen molar-refractivity contribution in [2.24, 2.45) is 0 Å². The van der Waals surface area contributed by atoms with Crippen LogP contribution >= 0.6 is 11.3 Å². The molecule has 0 spiro atoms. The summed E-state index contributed by atoms with van der Waals surface area (Å²) in [5, 5.41) is 9.18. The van der Waals surface area contributed by atoms with E-state index in [9.17, 15) is 0 Å². The average Bonchev–Trinajstić information content (AvgIpc) is 3.47. The number of pyridine rings is 1. The van der Waals surface area contributed by atoms with Gasteiger partial charge in [0.2, 0.25) is 6.79 Å². The summed E-state index contributed by atoms with van der Waals surface area (Å²) in [6.45, 7) is 1.06. The molecule has 0 saturated heterocycles. The molecule has 1 aliphatic carbocycles. The van der Waals surface area contributed by atoms with Gasteiger partial charge < -0.3 is 14.8 Å². The van der Waals surface area contributed by atoms with Gasteiger partial charge in [-0.15, -0.1) is 0 Å². The SMILES string of the molecule is c1ccc2c(c1)CCCC2NCc1cc2cc3c(cc2nc1-c1ccsc1)OCO3. The number of hydrogen-bond donors (Lipinski definition) is 1. The van der Waals surface area contributed by atoms with Gasteiger partial charge in [-0.3, -0.25) is 0 Å². The number of fused-ring (bicyclic) bond motifs is 3. The summed E-state index contributed by atoms with van der Waals surface area (Å²) < 4.78 is 11.1. The predicted molar refractivity (Wildman–Crippen MR) is 120 cm³/mol. The molecule has 150 valence electrons. The van der Waals surface area contributed by atoms with Crippen molar-refractivity contribution in [3.63, 3.8) is 0 Å². The van der Waals surface area contributed by atoms with Crippen molar-refractivity contribution in [2.75, 3.05) is 6.79 Å². The Hall–Kier alpha value is -2.89. The Kier molecular flexibility index (Phi) is 4.43. The van der Waals surface area contributed by atoms with Gasteiger partial charge in [0.15, 0.2) is 11.5 Å². The van der Waals surface area contributed by atoms with E-state index >= 15 is 0 Å². The molecule has 5 heteroatoms. The second kappa shape index (κ2) is 7.42. The van der Waals surface area contributed by atoms with Crippen LogP contribution in [0.15, 0.2) is 59.3 Å². The lowest BCUT2D eigenvalue weighted by molar-refractivity contribution is 0.174. The number of aromatic nitrogens is 1. The highest BCUT2D eigenvalue weighted by atomic mass is 32.1. The van der Waals surface area contributed by atoms with Crippen LogP contribution in [-0.2, 0) is 13.0 Å². The van der Waals surface area contributed by atoms with Crippen LogP contribution < -0.4 is 14.8 Å². The van der Waals surface area contributed by atoms with Crippen LogP contribution in [0.1, 0.15) is 35.6 Å². The zero-order valence-corrected chi connectivity index (χ0v) is 17.4. The second-order valence-electron chi connectivity index (χ2n) is 7.93. The van der Waals surface area contributed by atoms with Crippen LogP contribution in [0.3, 0.4) is 0 Å². The van der Waals surface area contributed by atoms with Gasteiger partial charge in [0.25, 0.3) is 0 Å². The fraction of sp³-hybridized carbons (Fsp3) is 0.240. The van der Waals surface area contributed by atoms with Gasteiger partial charge in [0, 0.05) is 35.0 Å². The van der Waals surface area contributed by atoms with Crippen molar-refractivity contribution in [1.82, 2.24) is 10.3 Å². The van der Waals surface area contributed by atoms with Gasteiger partial charge in [-0.05, 0) is 59.5 Å². The summed E-state index contributed by atoms with van der Waals surface area (Å²) in [4.78, 5) is 5.03. The van der Waals surface area contributed by atoms with E-state index in [0.29, 0.717) is 6.04 Å². The van der Waals surface area contributed by atoms with Gasteiger partial charge in [-0.25, -0.2) is 4.98 Å². The maximum absolute atomic E-state index is 5.58. The first-order chi connectivity index (χ1) is 14.8. The van der Waals surface area contributed by atoms with E-state index in [-0.39, 0.29) is 6.79 Å². The monoisotopic (exact) mass is 414 g/mol. The van der Waals surface area contributed by atoms with Crippen molar-refractivity contribution in [2.45, 2.75) is 31.8 Å². The minimum atomic E-state index is 0.276. The smallest absolute Gasteiger partial charge is 0.231 e. The standard InChI is InChI=1S/C25H22N2O2S/c1-2-6-20-16(4-1)5-3-7-21(20)26-13-19-10-18-11-23-24(29-15-28-23)12-22(18)27-25(19)17-8-9-30-14-17/h1-2,4,6,8-12,14,21,26H,3,5,7,13,15H2. The van der Waals surface area contributed by atoms with E-state index in [0.717, 1.165) is 34.6 Å². The quantitative estimate of drug-likeness (QED) is 0.454. The molecule has 6 rings (SSSR count). The molecular formula is C25H22N2O2S. The molecule has 2 aliphatic rings. The van der Waals surface area contributed by atoms with E-state index in [4.69, 9.17) is 14.5 Å². The third kappa shape index (κ3) is 3.15.